The Balaban J connectivity index is 1.35. The van der Waals surface area contributed by atoms with Gasteiger partial charge < -0.3 is 13.4 Å². The van der Waals surface area contributed by atoms with Crippen LogP contribution in [0.1, 0.15) is 0 Å². The third kappa shape index (κ3) is 3.00. The fourth-order valence-corrected chi connectivity index (χ4v) is 6.67. The van der Waals surface area contributed by atoms with Crippen LogP contribution in [-0.2, 0) is 0 Å². The average molecular weight is 578 g/mol. The van der Waals surface area contributed by atoms with Crippen molar-refractivity contribution in [1.82, 2.24) is 4.57 Å². The monoisotopic (exact) mass is 577 g/mol. The summed E-state index contributed by atoms with van der Waals surface area (Å²) in [6.07, 6.45) is 0. The Morgan fingerprint density at radius 2 is 1.07 bits per heavy atom. The minimum Gasteiger partial charge on any atom is -0.455 e. The Kier molecular flexibility index (Phi) is 4.47. The van der Waals surface area contributed by atoms with Gasteiger partial charge in [0.25, 0.3) is 0 Å². The number of aromatic nitrogens is 1. The highest BCUT2D eigenvalue weighted by atomic mass is 79.9. The molecule has 0 saturated heterocycles. The maximum Gasteiger partial charge on any atom is 0.159 e. The molecule has 0 unspecified atom stereocenters. The zero-order valence-corrected chi connectivity index (χ0v) is 22.8. The normalized spacial score (nSPS) is 12.1. The van der Waals surface area contributed by atoms with Crippen LogP contribution in [0.5, 0.6) is 0 Å². The fraction of sp³-hybridized carbons (Fsp3) is 0. The minimum atomic E-state index is 0.890. The molecule has 0 fully saturated rings. The van der Waals surface area contributed by atoms with Gasteiger partial charge in [-0.2, -0.15) is 0 Å². The number of rotatable bonds is 2. The van der Waals surface area contributed by atoms with E-state index in [1.54, 1.807) is 0 Å². The molecular formula is C36H20BrNO2. The van der Waals surface area contributed by atoms with Gasteiger partial charge in [-0.15, -0.1) is 0 Å². The minimum absolute atomic E-state index is 0.890. The molecule has 6 aromatic carbocycles. The molecule has 0 atom stereocenters. The van der Waals surface area contributed by atoms with Crippen LogP contribution in [0.25, 0.3) is 82.5 Å². The van der Waals surface area contributed by atoms with E-state index in [-0.39, 0.29) is 0 Å². The van der Waals surface area contributed by atoms with Crippen molar-refractivity contribution in [1.29, 1.82) is 0 Å². The van der Waals surface area contributed by atoms with Gasteiger partial charge in [-0.05, 0) is 54.1 Å². The molecule has 0 spiro atoms. The molecule has 0 aliphatic heterocycles. The Morgan fingerprint density at radius 3 is 1.85 bits per heavy atom. The molecule has 188 valence electrons. The highest BCUT2D eigenvalue weighted by Crippen LogP contribution is 2.41. The van der Waals surface area contributed by atoms with Gasteiger partial charge in [0, 0.05) is 42.4 Å². The van der Waals surface area contributed by atoms with E-state index in [9.17, 15) is 0 Å². The van der Waals surface area contributed by atoms with Gasteiger partial charge in [0.2, 0.25) is 0 Å². The molecule has 3 nitrogen and oxygen atoms in total. The number of fused-ring (bicyclic) bond motifs is 9. The Morgan fingerprint density at radius 1 is 0.475 bits per heavy atom. The number of hydrogen-bond donors (Lipinski definition) is 0. The Labute approximate surface area is 237 Å². The summed E-state index contributed by atoms with van der Waals surface area (Å²) in [5.74, 6) is 0. The maximum absolute atomic E-state index is 6.46. The van der Waals surface area contributed by atoms with Crippen LogP contribution in [0.4, 0.5) is 0 Å². The highest BCUT2D eigenvalue weighted by Gasteiger charge is 2.19. The number of para-hydroxylation sites is 4. The molecule has 0 aliphatic carbocycles. The smallest absolute Gasteiger partial charge is 0.159 e. The number of furan rings is 2. The third-order valence-corrected chi connectivity index (χ3v) is 8.56. The molecule has 40 heavy (non-hydrogen) atoms. The SMILES string of the molecule is Brc1ccc2c(c1)c1cc(-c3cccc4c3oc3ccccc34)ccc1n2-c1cccc2c1oc1ccccc12. The molecule has 0 N–H and O–H groups in total. The largest absolute Gasteiger partial charge is 0.455 e. The van der Waals surface area contributed by atoms with Gasteiger partial charge in [0.15, 0.2) is 5.58 Å². The van der Waals surface area contributed by atoms with E-state index < -0.39 is 0 Å². The quantitative estimate of drug-likeness (QED) is 0.204. The first-order chi connectivity index (χ1) is 19.7. The standard InChI is InChI=1S/C36H20BrNO2/c37-22-16-18-31-29(20-22)28-19-21(23-9-5-10-26-24-7-1-3-13-33(24)39-35(23)26)15-17-30(28)38(31)32-12-6-11-27-25-8-2-4-14-34(25)40-36(27)32/h1-20H. The molecule has 0 aliphatic rings. The van der Waals surface area contributed by atoms with Crippen LogP contribution in [0.2, 0.25) is 0 Å². The van der Waals surface area contributed by atoms with E-state index in [2.05, 4.69) is 118 Å². The average Bonchev–Trinajstić information content (AvgIpc) is 3.66. The van der Waals surface area contributed by atoms with Crippen molar-refractivity contribution >= 4 is 81.6 Å². The molecule has 9 rings (SSSR count). The molecule has 9 aromatic rings. The zero-order valence-electron chi connectivity index (χ0n) is 21.2. The second-order valence-corrected chi connectivity index (χ2v) is 11.2. The van der Waals surface area contributed by atoms with Crippen LogP contribution in [0, 0.1) is 0 Å². The van der Waals surface area contributed by atoms with Crippen LogP contribution in [0.15, 0.2) is 135 Å². The lowest BCUT2D eigenvalue weighted by Crippen LogP contribution is -1.94. The van der Waals surface area contributed by atoms with E-state index in [0.29, 0.717) is 0 Å². The lowest BCUT2D eigenvalue weighted by atomic mass is 10.0. The summed E-state index contributed by atoms with van der Waals surface area (Å²) >= 11 is 3.72. The molecule has 4 heteroatoms. The zero-order chi connectivity index (χ0) is 26.4. The molecular weight excluding hydrogens is 558 g/mol. The lowest BCUT2D eigenvalue weighted by Gasteiger charge is -2.09. The van der Waals surface area contributed by atoms with Crippen molar-refractivity contribution in [2.45, 2.75) is 0 Å². The van der Waals surface area contributed by atoms with E-state index in [4.69, 9.17) is 8.83 Å². The van der Waals surface area contributed by atoms with Crippen molar-refractivity contribution < 1.29 is 8.83 Å². The number of hydrogen-bond acceptors (Lipinski definition) is 2. The molecule has 0 radical (unpaired) electrons. The van der Waals surface area contributed by atoms with Crippen molar-refractivity contribution in [3.63, 3.8) is 0 Å². The summed E-state index contributed by atoms with van der Waals surface area (Å²) in [6, 6.07) is 42.5. The molecule has 3 aromatic heterocycles. The van der Waals surface area contributed by atoms with Crippen molar-refractivity contribution in [2.24, 2.45) is 0 Å². The first-order valence-electron chi connectivity index (χ1n) is 13.3. The highest BCUT2D eigenvalue weighted by molar-refractivity contribution is 9.10. The van der Waals surface area contributed by atoms with E-state index in [1.807, 2.05) is 24.3 Å². The fourth-order valence-electron chi connectivity index (χ4n) is 6.31. The third-order valence-electron chi connectivity index (χ3n) is 8.07. The second kappa shape index (κ2) is 8.10. The Bertz CT molecular complexity index is 2460. The van der Waals surface area contributed by atoms with Gasteiger partial charge in [0.1, 0.15) is 16.7 Å². The predicted octanol–water partition coefficient (Wildman–Crippen LogP) is 11.0. The molecule has 0 amide bonds. The van der Waals surface area contributed by atoms with Gasteiger partial charge >= 0.3 is 0 Å². The van der Waals surface area contributed by atoms with Crippen molar-refractivity contribution in [2.75, 3.05) is 0 Å². The van der Waals surface area contributed by atoms with Crippen LogP contribution >= 0.6 is 15.9 Å². The number of halogens is 1. The van der Waals surface area contributed by atoms with E-state index >= 15 is 0 Å². The molecule has 3 heterocycles. The number of nitrogens with zero attached hydrogens (tertiary/aromatic N) is 1. The first-order valence-corrected chi connectivity index (χ1v) is 14.1. The first kappa shape index (κ1) is 22.1. The maximum atomic E-state index is 6.46. The van der Waals surface area contributed by atoms with Crippen LogP contribution < -0.4 is 0 Å². The summed E-state index contributed by atoms with van der Waals surface area (Å²) < 4.78 is 16.2. The van der Waals surface area contributed by atoms with Crippen molar-refractivity contribution in [3.8, 4) is 16.8 Å². The topological polar surface area (TPSA) is 31.2 Å². The summed E-state index contributed by atoms with van der Waals surface area (Å²) in [5.41, 5.74) is 9.11. The number of benzene rings is 6. The van der Waals surface area contributed by atoms with Crippen molar-refractivity contribution in [3.05, 3.63) is 126 Å². The van der Waals surface area contributed by atoms with E-state index in [0.717, 1.165) is 76.2 Å². The van der Waals surface area contributed by atoms with Crippen LogP contribution in [-0.4, -0.2) is 4.57 Å². The van der Waals surface area contributed by atoms with Crippen LogP contribution in [0.3, 0.4) is 0 Å². The summed E-state index contributed by atoms with van der Waals surface area (Å²) in [7, 11) is 0. The predicted molar refractivity (Wildman–Crippen MR) is 168 cm³/mol. The van der Waals surface area contributed by atoms with Gasteiger partial charge in [-0.1, -0.05) is 88.7 Å². The van der Waals surface area contributed by atoms with Gasteiger partial charge in [-0.25, -0.2) is 0 Å². The lowest BCUT2D eigenvalue weighted by molar-refractivity contribution is 0.666. The Hall–Kier alpha value is -4.80. The van der Waals surface area contributed by atoms with Gasteiger partial charge in [0.05, 0.1) is 16.7 Å². The molecule has 0 saturated carbocycles. The van der Waals surface area contributed by atoms with E-state index in [1.165, 1.54) is 10.8 Å². The summed E-state index contributed by atoms with van der Waals surface area (Å²) in [5, 5.41) is 6.87. The summed E-state index contributed by atoms with van der Waals surface area (Å²) in [4.78, 5) is 0. The molecule has 0 bridgehead atoms. The van der Waals surface area contributed by atoms with Gasteiger partial charge in [-0.3, -0.25) is 0 Å². The summed E-state index contributed by atoms with van der Waals surface area (Å²) in [6.45, 7) is 0. The second-order valence-electron chi connectivity index (χ2n) is 10.3.